The third kappa shape index (κ3) is 4.42. The lowest BCUT2D eigenvalue weighted by molar-refractivity contribution is 0.0986. The Labute approximate surface area is 159 Å². The number of nitrogens with zero attached hydrogens (tertiary/aromatic N) is 4. The zero-order valence-electron chi connectivity index (χ0n) is 15.5. The summed E-state index contributed by atoms with van der Waals surface area (Å²) in [5.41, 5.74) is 0.823. The fourth-order valence-corrected chi connectivity index (χ4v) is 3.22. The lowest BCUT2D eigenvalue weighted by Gasteiger charge is -2.19. The van der Waals surface area contributed by atoms with Crippen molar-refractivity contribution in [2.45, 2.75) is 51.4 Å². The molecule has 0 unspecified atom stereocenters. The van der Waals surface area contributed by atoms with Crippen LogP contribution in [0.3, 0.4) is 0 Å². The van der Waals surface area contributed by atoms with Crippen LogP contribution in [-0.2, 0) is 7.05 Å². The van der Waals surface area contributed by atoms with Gasteiger partial charge in [-0.2, -0.15) is 10.1 Å². The molecule has 3 heterocycles. The third-order valence-corrected chi connectivity index (χ3v) is 4.87. The highest BCUT2D eigenvalue weighted by Crippen LogP contribution is 2.24. The fourth-order valence-electron chi connectivity index (χ4n) is 3.22. The summed E-state index contributed by atoms with van der Waals surface area (Å²) in [5.74, 6) is 1.72. The summed E-state index contributed by atoms with van der Waals surface area (Å²) in [6.45, 7) is 6.15. The monoisotopic (exact) mass is 382 g/mol. The Morgan fingerprint density at radius 3 is 2.73 bits per heavy atom. The molecule has 0 spiro atoms. The summed E-state index contributed by atoms with van der Waals surface area (Å²) in [7, 11) is 1.78. The lowest BCUT2D eigenvalue weighted by atomic mass is 9.98. The number of aromatic nitrogens is 4. The van der Waals surface area contributed by atoms with Gasteiger partial charge in [0.2, 0.25) is 11.7 Å². The van der Waals surface area contributed by atoms with E-state index in [4.69, 9.17) is 4.52 Å². The standard InChI is InChI=1S/C17H26N6O2.ClH/c1-4-11(5-2)13-10-14(25-22-13)16(24)20-17-19-15(21-23(17)3)12-6-8-18-9-7-12;/h10-12,18H,4-9H2,1-3H3,(H,19,20,21,24);1H. The molecule has 0 aromatic carbocycles. The fraction of sp³-hybridized carbons (Fsp3) is 0.647. The Morgan fingerprint density at radius 1 is 1.38 bits per heavy atom. The highest BCUT2D eigenvalue weighted by Gasteiger charge is 2.23. The molecule has 0 aliphatic carbocycles. The number of halogens is 1. The van der Waals surface area contributed by atoms with E-state index in [1.807, 2.05) is 0 Å². The predicted molar refractivity (Wildman–Crippen MR) is 101 cm³/mol. The minimum Gasteiger partial charge on any atom is -0.351 e. The summed E-state index contributed by atoms with van der Waals surface area (Å²) >= 11 is 0. The van der Waals surface area contributed by atoms with Crippen molar-refractivity contribution in [2.75, 3.05) is 18.4 Å². The van der Waals surface area contributed by atoms with Crippen LogP contribution in [0.15, 0.2) is 10.6 Å². The molecule has 1 fully saturated rings. The van der Waals surface area contributed by atoms with Crippen LogP contribution in [0.4, 0.5) is 5.95 Å². The first kappa shape index (κ1) is 20.4. The quantitative estimate of drug-likeness (QED) is 0.797. The van der Waals surface area contributed by atoms with Gasteiger partial charge < -0.3 is 9.84 Å². The second-order valence-electron chi connectivity index (χ2n) is 6.53. The summed E-state index contributed by atoms with van der Waals surface area (Å²) < 4.78 is 6.82. The summed E-state index contributed by atoms with van der Waals surface area (Å²) in [5, 5.41) is 14.6. The van der Waals surface area contributed by atoms with Gasteiger partial charge in [0, 0.05) is 24.9 Å². The number of carbonyl (C=O) groups excluding carboxylic acids is 1. The molecule has 1 aliphatic heterocycles. The minimum atomic E-state index is -0.350. The molecule has 8 nitrogen and oxygen atoms in total. The van der Waals surface area contributed by atoms with E-state index in [9.17, 15) is 4.79 Å². The van der Waals surface area contributed by atoms with Crippen LogP contribution in [0.2, 0.25) is 0 Å². The maximum Gasteiger partial charge on any atom is 0.296 e. The van der Waals surface area contributed by atoms with E-state index in [2.05, 4.69) is 39.7 Å². The van der Waals surface area contributed by atoms with E-state index >= 15 is 0 Å². The van der Waals surface area contributed by atoms with Crippen molar-refractivity contribution >= 4 is 24.3 Å². The van der Waals surface area contributed by atoms with Crippen LogP contribution < -0.4 is 10.6 Å². The van der Waals surface area contributed by atoms with Gasteiger partial charge in [0.25, 0.3) is 5.91 Å². The normalized spacial score (nSPS) is 15.1. The molecule has 1 amide bonds. The zero-order chi connectivity index (χ0) is 17.8. The third-order valence-electron chi connectivity index (χ3n) is 4.87. The van der Waals surface area contributed by atoms with Gasteiger partial charge in [0.05, 0.1) is 5.69 Å². The Hall–Kier alpha value is -1.93. The molecule has 0 atom stereocenters. The number of piperidine rings is 1. The van der Waals surface area contributed by atoms with Gasteiger partial charge in [0.1, 0.15) is 0 Å². The summed E-state index contributed by atoms with van der Waals surface area (Å²) in [6.07, 6.45) is 3.95. The van der Waals surface area contributed by atoms with Crippen molar-refractivity contribution < 1.29 is 9.32 Å². The molecule has 0 saturated carbocycles. The average Bonchev–Trinajstić information content (AvgIpc) is 3.25. The number of hydrogen-bond acceptors (Lipinski definition) is 6. The largest absolute Gasteiger partial charge is 0.351 e. The number of hydrogen-bond donors (Lipinski definition) is 2. The minimum absolute atomic E-state index is 0. The van der Waals surface area contributed by atoms with E-state index in [1.165, 1.54) is 0 Å². The van der Waals surface area contributed by atoms with Crippen molar-refractivity contribution in [3.8, 4) is 0 Å². The Balaban J connectivity index is 0.00000243. The highest BCUT2D eigenvalue weighted by molar-refractivity contribution is 6.01. The average molecular weight is 383 g/mol. The van der Waals surface area contributed by atoms with Gasteiger partial charge in [-0.05, 0) is 38.8 Å². The number of nitrogens with one attached hydrogen (secondary N) is 2. The first-order valence-electron chi connectivity index (χ1n) is 9.02. The first-order valence-corrected chi connectivity index (χ1v) is 9.02. The number of rotatable bonds is 6. The van der Waals surface area contributed by atoms with E-state index < -0.39 is 0 Å². The van der Waals surface area contributed by atoms with Crippen LogP contribution in [0.25, 0.3) is 0 Å². The maximum atomic E-state index is 12.4. The number of aryl methyl sites for hydroxylation is 1. The van der Waals surface area contributed by atoms with Crippen LogP contribution in [0.1, 0.15) is 73.4 Å². The topological polar surface area (TPSA) is 97.9 Å². The van der Waals surface area contributed by atoms with Crippen LogP contribution in [0, 0.1) is 0 Å². The van der Waals surface area contributed by atoms with Gasteiger partial charge in [0.15, 0.2) is 5.82 Å². The smallest absolute Gasteiger partial charge is 0.296 e. The SMILES string of the molecule is CCC(CC)c1cc(C(=O)Nc2nc(C3CCNCC3)nn2C)on1.Cl. The van der Waals surface area contributed by atoms with E-state index in [0.717, 1.165) is 50.3 Å². The molecule has 2 aromatic heterocycles. The van der Waals surface area contributed by atoms with Gasteiger partial charge in [-0.15, -0.1) is 12.4 Å². The van der Waals surface area contributed by atoms with Crippen molar-refractivity contribution in [2.24, 2.45) is 7.05 Å². The van der Waals surface area contributed by atoms with Crippen molar-refractivity contribution in [1.29, 1.82) is 0 Å². The molecular formula is C17H27ClN6O2. The molecule has 26 heavy (non-hydrogen) atoms. The second kappa shape index (κ2) is 9.14. The molecule has 9 heteroatoms. The van der Waals surface area contributed by atoms with Gasteiger partial charge in [-0.3, -0.25) is 10.1 Å². The molecule has 3 rings (SSSR count). The maximum absolute atomic E-state index is 12.4. The molecule has 1 saturated heterocycles. The van der Waals surface area contributed by atoms with Crippen LogP contribution in [0.5, 0.6) is 0 Å². The summed E-state index contributed by atoms with van der Waals surface area (Å²) in [4.78, 5) is 16.9. The predicted octanol–water partition coefficient (Wildman–Crippen LogP) is 2.85. The molecule has 0 radical (unpaired) electrons. The van der Waals surface area contributed by atoms with Crippen LogP contribution in [-0.4, -0.2) is 38.9 Å². The van der Waals surface area contributed by atoms with E-state index in [1.54, 1.807) is 17.8 Å². The summed E-state index contributed by atoms with van der Waals surface area (Å²) in [6, 6.07) is 1.72. The molecule has 2 N–H and O–H groups in total. The van der Waals surface area contributed by atoms with E-state index in [-0.39, 0.29) is 24.1 Å². The van der Waals surface area contributed by atoms with Crippen molar-refractivity contribution in [1.82, 2.24) is 25.2 Å². The lowest BCUT2D eigenvalue weighted by Crippen LogP contribution is -2.27. The Morgan fingerprint density at radius 2 is 2.08 bits per heavy atom. The zero-order valence-corrected chi connectivity index (χ0v) is 16.3. The van der Waals surface area contributed by atoms with Crippen molar-refractivity contribution in [3.63, 3.8) is 0 Å². The highest BCUT2D eigenvalue weighted by atomic mass is 35.5. The second-order valence-corrected chi connectivity index (χ2v) is 6.53. The first-order chi connectivity index (χ1) is 12.1. The number of anilines is 1. The molecule has 0 bridgehead atoms. The van der Waals surface area contributed by atoms with Crippen LogP contribution >= 0.6 is 12.4 Å². The Bertz CT molecular complexity index is 719. The molecule has 2 aromatic rings. The van der Waals surface area contributed by atoms with Gasteiger partial charge >= 0.3 is 0 Å². The Kier molecular flexibility index (Phi) is 7.16. The number of amides is 1. The van der Waals surface area contributed by atoms with Gasteiger partial charge in [-0.1, -0.05) is 19.0 Å². The van der Waals surface area contributed by atoms with E-state index in [0.29, 0.717) is 17.8 Å². The molecule has 144 valence electrons. The van der Waals surface area contributed by atoms with Gasteiger partial charge in [-0.25, -0.2) is 4.68 Å². The van der Waals surface area contributed by atoms with Crippen molar-refractivity contribution in [3.05, 3.63) is 23.3 Å². The molecule has 1 aliphatic rings. The molecular weight excluding hydrogens is 356 g/mol. The number of carbonyl (C=O) groups is 1.